The number of hydrogen-bond donors (Lipinski definition) is 1. The average molecular weight is 405 g/mol. The molecule has 0 amide bonds. The molecule has 4 rings (SSSR count). The third-order valence-electron chi connectivity index (χ3n) is 4.26. The zero-order valence-corrected chi connectivity index (χ0v) is 16.5. The smallest absolute Gasteiger partial charge is 0.135 e. The largest absolute Gasteiger partial charge is 0.508 e. The van der Waals surface area contributed by atoms with Gasteiger partial charge < -0.3 is 9.52 Å². The van der Waals surface area contributed by atoms with Crippen LogP contribution in [0.2, 0.25) is 0 Å². The molecule has 0 bridgehead atoms. The number of rotatable bonds is 6. The maximum Gasteiger partial charge on any atom is 0.135 e. The van der Waals surface area contributed by atoms with Gasteiger partial charge in [-0.2, -0.15) is 5.26 Å². The first kappa shape index (κ1) is 18.4. The number of aromatic hydroxyl groups is 1. The van der Waals surface area contributed by atoms with Crippen LogP contribution in [0.15, 0.2) is 75.7 Å². The molecule has 0 aliphatic rings. The van der Waals surface area contributed by atoms with Crippen LogP contribution >= 0.6 is 23.1 Å². The van der Waals surface area contributed by atoms with Gasteiger partial charge in [0.1, 0.15) is 22.6 Å². The lowest BCUT2D eigenvalue weighted by atomic mass is 10.1. The van der Waals surface area contributed by atoms with Crippen LogP contribution in [-0.2, 0) is 6.42 Å². The Morgan fingerprint density at radius 3 is 2.75 bits per heavy atom. The van der Waals surface area contributed by atoms with Crippen molar-refractivity contribution in [3.63, 3.8) is 0 Å². The highest BCUT2D eigenvalue weighted by molar-refractivity contribution is 7.99. The lowest BCUT2D eigenvalue weighted by Gasteiger charge is -2.10. The van der Waals surface area contributed by atoms with Crippen molar-refractivity contribution in [2.24, 2.45) is 0 Å². The standard InChI is InChI=1S/C22H16N2O2S2/c23-14-17-16(20-7-3-10-26-20)13-18(21-8-4-11-27-21)24-22(17)28-12-9-15-5-1-2-6-19(15)25/h1-8,10-11,13,25H,9,12H2. The Bertz CT molecular complexity index is 1110. The number of pyridine rings is 1. The number of nitriles is 1. The second kappa shape index (κ2) is 8.34. The van der Waals surface area contributed by atoms with Crippen LogP contribution in [0, 0.1) is 11.3 Å². The predicted molar refractivity (Wildman–Crippen MR) is 113 cm³/mol. The van der Waals surface area contributed by atoms with E-state index in [1.54, 1.807) is 29.7 Å². The molecule has 0 aliphatic heterocycles. The molecule has 4 nitrogen and oxygen atoms in total. The second-order valence-corrected chi connectivity index (χ2v) is 8.06. The van der Waals surface area contributed by atoms with Gasteiger partial charge in [0.05, 0.1) is 22.4 Å². The Balaban J connectivity index is 1.69. The third kappa shape index (κ3) is 3.81. The van der Waals surface area contributed by atoms with Crippen molar-refractivity contribution in [2.45, 2.75) is 11.4 Å². The first-order chi connectivity index (χ1) is 13.8. The molecular formula is C22H16N2O2S2. The lowest BCUT2D eigenvalue weighted by molar-refractivity contribution is 0.469. The Hall–Kier alpha value is -3.01. The maximum absolute atomic E-state index is 9.96. The van der Waals surface area contributed by atoms with Crippen molar-refractivity contribution in [3.8, 4) is 33.7 Å². The molecule has 28 heavy (non-hydrogen) atoms. The van der Waals surface area contributed by atoms with E-state index in [9.17, 15) is 10.4 Å². The van der Waals surface area contributed by atoms with Gasteiger partial charge in [0.25, 0.3) is 0 Å². The zero-order chi connectivity index (χ0) is 19.3. The molecule has 0 atom stereocenters. The number of phenolic OH excluding ortho intramolecular Hbond substituents is 1. The molecule has 3 heterocycles. The molecule has 0 saturated carbocycles. The SMILES string of the molecule is N#Cc1c(-c2ccco2)cc(-c2cccs2)nc1SCCc1ccccc1O. The number of furan rings is 1. The van der Waals surface area contributed by atoms with E-state index in [1.165, 1.54) is 11.8 Å². The summed E-state index contributed by atoms with van der Waals surface area (Å²) in [5.74, 6) is 1.64. The molecule has 138 valence electrons. The maximum atomic E-state index is 9.96. The number of benzene rings is 1. The van der Waals surface area contributed by atoms with Gasteiger partial charge in [0.15, 0.2) is 0 Å². The quantitative estimate of drug-likeness (QED) is 0.400. The molecular weight excluding hydrogens is 388 g/mol. The minimum Gasteiger partial charge on any atom is -0.508 e. The number of aryl methyl sites for hydroxylation is 1. The van der Waals surface area contributed by atoms with Crippen LogP contribution in [0.25, 0.3) is 21.9 Å². The van der Waals surface area contributed by atoms with Gasteiger partial charge in [0, 0.05) is 11.3 Å². The number of para-hydroxylation sites is 1. The van der Waals surface area contributed by atoms with E-state index in [2.05, 4.69) is 6.07 Å². The normalized spacial score (nSPS) is 10.7. The molecule has 4 aromatic rings. The van der Waals surface area contributed by atoms with E-state index in [1.807, 2.05) is 47.8 Å². The molecule has 0 aliphatic carbocycles. The molecule has 0 saturated heterocycles. The van der Waals surface area contributed by atoms with Crippen molar-refractivity contribution in [3.05, 3.63) is 77.4 Å². The highest BCUT2D eigenvalue weighted by atomic mass is 32.2. The third-order valence-corrected chi connectivity index (χ3v) is 6.13. The van der Waals surface area contributed by atoms with Gasteiger partial charge in [-0.1, -0.05) is 24.3 Å². The van der Waals surface area contributed by atoms with E-state index in [0.717, 1.165) is 21.7 Å². The van der Waals surface area contributed by atoms with Gasteiger partial charge in [-0.3, -0.25) is 0 Å². The summed E-state index contributed by atoms with van der Waals surface area (Å²) in [5, 5.41) is 22.4. The molecule has 1 aromatic carbocycles. The van der Waals surface area contributed by atoms with Crippen molar-refractivity contribution in [1.29, 1.82) is 5.26 Å². The molecule has 1 N–H and O–H groups in total. The molecule has 3 aromatic heterocycles. The topological polar surface area (TPSA) is 70.0 Å². The van der Waals surface area contributed by atoms with Crippen molar-refractivity contribution < 1.29 is 9.52 Å². The van der Waals surface area contributed by atoms with Gasteiger partial charge in [-0.25, -0.2) is 4.98 Å². The minimum absolute atomic E-state index is 0.292. The lowest BCUT2D eigenvalue weighted by Crippen LogP contribution is -1.97. The fourth-order valence-corrected chi connectivity index (χ4v) is 4.56. The number of thiophene rings is 1. The number of thioether (sulfide) groups is 1. The van der Waals surface area contributed by atoms with Gasteiger partial charge in [-0.15, -0.1) is 23.1 Å². The first-order valence-electron chi connectivity index (χ1n) is 8.69. The Morgan fingerprint density at radius 2 is 2.04 bits per heavy atom. The predicted octanol–water partition coefficient (Wildman–Crippen LogP) is 5.98. The molecule has 0 radical (unpaired) electrons. The Morgan fingerprint density at radius 1 is 1.14 bits per heavy atom. The summed E-state index contributed by atoms with van der Waals surface area (Å²) in [4.78, 5) is 5.80. The number of aromatic nitrogens is 1. The van der Waals surface area contributed by atoms with E-state index in [-0.39, 0.29) is 0 Å². The molecule has 0 fully saturated rings. The first-order valence-corrected chi connectivity index (χ1v) is 10.6. The van der Waals surface area contributed by atoms with Crippen molar-refractivity contribution >= 4 is 23.1 Å². The second-order valence-electron chi connectivity index (χ2n) is 6.03. The number of nitrogens with zero attached hydrogens (tertiary/aromatic N) is 2. The van der Waals surface area contributed by atoms with Crippen molar-refractivity contribution in [2.75, 3.05) is 5.75 Å². The summed E-state index contributed by atoms with van der Waals surface area (Å²) < 4.78 is 5.56. The van der Waals surface area contributed by atoms with Crippen LogP contribution in [-0.4, -0.2) is 15.8 Å². The highest BCUT2D eigenvalue weighted by Crippen LogP contribution is 2.36. The Labute approximate surface area is 171 Å². The average Bonchev–Trinajstić information content (AvgIpc) is 3.43. The van der Waals surface area contributed by atoms with Gasteiger partial charge in [-0.05, 0) is 47.7 Å². The fraction of sp³-hybridized carbons (Fsp3) is 0.0909. The summed E-state index contributed by atoms with van der Waals surface area (Å²) in [6.07, 6.45) is 2.29. The van der Waals surface area contributed by atoms with E-state index >= 15 is 0 Å². The molecule has 6 heteroatoms. The summed E-state index contributed by atoms with van der Waals surface area (Å²) in [6, 6.07) is 19.2. The van der Waals surface area contributed by atoms with Crippen LogP contribution in [0.4, 0.5) is 0 Å². The van der Waals surface area contributed by atoms with Crippen LogP contribution in [0.1, 0.15) is 11.1 Å². The van der Waals surface area contributed by atoms with E-state index in [0.29, 0.717) is 34.3 Å². The number of hydrogen-bond acceptors (Lipinski definition) is 6. The van der Waals surface area contributed by atoms with Crippen LogP contribution in [0.5, 0.6) is 5.75 Å². The van der Waals surface area contributed by atoms with Crippen molar-refractivity contribution in [1.82, 2.24) is 4.98 Å². The van der Waals surface area contributed by atoms with E-state index in [4.69, 9.17) is 9.40 Å². The monoisotopic (exact) mass is 404 g/mol. The fourth-order valence-electron chi connectivity index (χ4n) is 2.89. The zero-order valence-electron chi connectivity index (χ0n) is 14.8. The van der Waals surface area contributed by atoms with Gasteiger partial charge in [0.2, 0.25) is 0 Å². The van der Waals surface area contributed by atoms with E-state index < -0.39 is 0 Å². The van der Waals surface area contributed by atoms with Crippen LogP contribution in [0.3, 0.4) is 0 Å². The Kier molecular flexibility index (Phi) is 5.47. The van der Waals surface area contributed by atoms with Gasteiger partial charge >= 0.3 is 0 Å². The molecule has 0 spiro atoms. The minimum atomic E-state index is 0.292. The summed E-state index contributed by atoms with van der Waals surface area (Å²) in [5.41, 5.74) is 2.97. The number of phenols is 1. The summed E-state index contributed by atoms with van der Waals surface area (Å²) >= 11 is 3.12. The summed E-state index contributed by atoms with van der Waals surface area (Å²) in [7, 11) is 0. The summed E-state index contributed by atoms with van der Waals surface area (Å²) in [6.45, 7) is 0. The highest BCUT2D eigenvalue weighted by Gasteiger charge is 2.18. The van der Waals surface area contributed by atoms with Crippen LogP contribution < -0.4 is 0 Å². The molecule has 0 unspecified atom stereocenters.